The van der Waals surface area contributed by atoms with Crippen LogP contribution in [0.4, 0.5) is 0 Å². The van der Waals surface area contributed by atoms with Crippen molar-refractivity contribution in [1.82, 2.24) is 9.97 Å². The van der Waals surface area contributed by atoms with Gasteiger partial charge in [0.05, 0.1) is 11.6 Å². The third-order valence-electron chi connectivity index (χ3n) is 3.57. The molecule has 1 N–H and O–H groups in total. The van der Waals surface area contributed by atoms with Crippen LogP contribution in [0.2, 0.25) is 0 Å². The molecule has 0 spiro atoms. The fourth-order valence-electron chi connectivity index (χ4n) is 2.52. The van der Waals surface area contributed by atoms with E-state index in [1.54, 1.807) is 0 Å². The lowest BCUT2D eigenvalue weighted by atomic mass is 9.87. The Morgan fingerprint density at radius 3 is 2.65 bits per heavy atom. The van der Waals surface area contributed by atoms with Gasteiger partial charge in [0.15, 0.2) is 0 Å². The molecule has 0 aliphatic heterocycles. The van der Waals surface area contributed by atoms with Crippen LogP contribution in [0.3, 0.4) is 0 Å². The van der Waals surface area contributed by atoms with E-state index in [0.717, 1.165) is 42.4 Å². The average Bonchev–Trinajstić information content (AvgIpc) is 2.39. The highest BCUT2D eigenvalue weighted by Crippen LogP contribution is 2.31. The first-order chi connectivity index (χ1) is 8.33. The predicted octanol–water partition coefficient (Wildman–Crippen LogP) is 2.65. The number of benzene rings is 1. The van der Waals surface area contributed by atoms with Crippen LogP contribution in [0.5, 0.6) is 0 Å². The van der Waals surface area contributed by atoms with Gasteiger partial charge < -0.3 is 5.11 Å². The average molecular weight is 228 g/mol. The Morgan fingerprint density at radius 2 is 1.82 bits per heavy atom. The second-order valence-corrected chi connectivity index (χ2v) is 4.79. The van der Waals surface area contributed by atoms with Crippen LogP contribution >= 0.6 is 0 Å². The fraction of sp³-hybridized carbons (Fsp3) is 0.429. The summed E-state index contributed by atoms with van der Waals surface area (Å²) in [6.45, 7) is 0. The molecule has 3 heteroatoms. The zero-order valence-electron chi connectivity index (χ0n) is 9.71. The number of rotatable bonds is 1. The quantitative estimate of drug-likeness (QED) is 0.816. The van der Waals surface area contributed by atoms with Gasteiger partial charge in [-0.3, -0.25) is 0 Å². The van der Waals surface area contributed by atoms with E-state index >= 15 is 0 Å². The summed E-state index contributed by atoms with van der Waals surface area (Å²) < 4.78 is 0. The number of aliphatic hydroxyl groups excluding tert-OH is 1. The molecule has 1 aliphatic carbocycles. The molecule has 1 heterocycles. The topological polar surface area (TPSA) is 46.0 Å². The standard InChI is InChI=1S/C14H16N2O/c17-12-7-5-10(6-8-12)14-15-9-11-3-1-2-4-13(11)16-14/h1-4,9-10,12,17H,5-8H2/t10-,12-. The Morgan fingerprint density at radius 1 is 1.06 bits per heavy atom. The third-order valence-corrected chi connectivity index (χ3v) is 3.57. The van der Waals surface area contributed by atoms with Crippen LogP contribution in [-0.2, 0) is 0 Å². The molecule has 3 nitrogen and oxygen atoms in total. The van der Waals surface area contributed by atoms with Gasteiger partial charge in [0.25, 0.3) is 0 Å². The van der Waals surface area contributed by atoms with E-state index in [4.69, 9.17) is 0 Å². The first-order valence-corrected chi connectivity index (χ1v) is 6.22. The van der Waals surface area contributed by atoms with E-state index in [1.807, 2.05) is 30.5 Å². The molecule has 0 bridgehead atoms. The second-order valence-electron chi connectivity index (χ2n) is 4.79. The summed E-state index contributed by atoms with van der Waals surface area (Å²) in [5.74, 6) is 1.36. The molecule has 0 saturated heterocycles. The van der Waals surface area contributed by atoms with Crippen LogP contribution in [0, 0.1) is 0 Å². The molecule has 1 saturated carbocycles. The van der Waals surface area contributed by atoms with Crippen molar-refractivity contribution in [2.75, 3.05) is 0 Å². The lowest BCUT2D eigenvalue weighted by molar-refractivity contribution is 0.121. The van der Waals surface area contributed by atoms with Crippen molar-refractivity contribution in [1.29, 1.82) is 0 Å². The highest BCUT2D eigenvalue weighted by atomic mass is 16.3. The minimum absolute atomic E-state index is 0.119. The number of nitrogens with zero attached hydrogens (tertiary/aromatic N) is 2. The Bertz CT molecular complexity index is 518. The fourth-order valence-corrected chi connectivity index (χ4v) is 2.52. The van der Waals surface area contributed by atoms with Gasteiger partial charge in [-0.25, -0.2) is 9.97 Å². The van der Waals surface area contributed by atoms with Crippen molar-refractivity contribution >= 4 is 10.9 Å². The van der Waals surface area contributed by atoms with Crippen molar-refractivity contribution < 1.29 is 5.11 Å². The molecule has 1 aliphatic rings. The molecule has 2 aromatic rings. The number of para-hydroxylation sites is 1. The summed E-state index contributed by atoms with van der Waals surface area (Å²) in [6, 6.07) is 8.06. The van der Waals surface area contributed by atoms with Gasteiger partial charge in [0, 0.05) is 17.5 Å². The minimum Gasteiger partial charge on any atom is -0.393 e. The van der Waals surface area contributed by atoms with Gasteiger partial charge in [-0.15, -0.1) is 0 Å². The van der Waals surface area contributed by atoms with Crippen molar-refractivity contribution in [2.45, 2.75) is 37.7 Å². The first-order valence-electron chi connectivity index (χ1n) is 6.22. The summed E-state index contributed by atoms with van der Waals surface area (Å²) in [7, 11) is 0. The van der Waals surface area contributed by atoms with Crippen LogP contribution in [0.15, 0.2) is 30.5 Å². The smallest absolute Gasteiger partial charge is 0.132 e. The summed E-state index contributed by atoms with van der Waals surface area (Å²) in [5.41, 5.74) is 1.02. The number of aromatic nitrogens is 2. The third kappa shape index (κ3) is 2.15. The molecular formula is C14H16N2O. The first kappa shape index (κ1) is 10.7. The summed E-state index contributed by atoms with van der Waals surface area (Å²) in [4.78, 5) is 9.09. The number of hydrogen-bond donors (Lipinski definition) is 1. The summed E-state index contributed by atoms with van der Waals surface area (Å²) in [6.07, 6.45) is 5.54. The van der Waals surface area contributed by atoms with Gasteiger partial charge in [-0.2, -0.15) is 0 Å². The second kappa shape index (κ2) is 4.41. The van der Waals surface area contributed by atoms with E-state index < -0.39 is 0 Å². The summed E-state index contributed by atoms with van der Waals surface area (Å²) >= 11 is 0. The normalized spacial score (nSPS) is 25.0. The zero-order valence-corrected chi connectivity index (χ0v) is 9.71. The van der Waals surface area contributed by atoms with Crippen LogP contribution < -0.4 is 0 Å². The molecule has 88 valence electrons. The molecule has 1 fully saturated rings. The van der Waals surface area contributed by atoms with Crippen molar-refractivity contribution in [2.24, 2.45) is 0 Å². The van der Waals surface area contributed by atoms with Crippen LogP contribution in [0.1, 0.15) is 37.4 Å². The number of fused-ring (bicyclic) bond motifs is 1. The molecule has 0 radical (unpaired) electrons. The van der Waals surface area contributed by atoms with Crippen molar-refractivity contribution in [3.63, 3.8) is 0 Å². The van der Waals surface area contributed by atoms with E-state index in [-0.39, 0.29) is 6.10 Å². The molecule has 0 unspecified atom stereocenters. The van der Waals surface area contributed by atoms with E-state index in [1.165, 1.54) is 0 Å². The Hall–Kier alpha value is -1.48. The number of hydrogen-bond acceptors (Lipinski definition) is 3. The van der Waals surface area contributed by atoms with Gasteiger partial charge in [-0.05, 0) is 31.7 Å². The van der Waals surface area contributed by atoms with Crippen LogP contribution in [-0.4, -0.2) is 21.2 Å². The van der Waals surface area contributed by atoms with Gasteiger partial charge in [0.2, 0.25) is 0 Å². The molecule has 17 heavy (non-hydrogen) atoms. The monoisotopic (exact) mass is 228 g/mol. The SMILES string of the molecule is O[C@H]1CC[C@H](c2ncc3ccccc3n2)CC1. The van der Waals surface area contributed by atoms with E-state index in [9.17, 15) is 5.11 Å². The van der Waals surface area contributed by atoms with Crippen LogP contribution in [0.25, 0.3) is 10.9 Å². The highest BCUT2D eigenvalue weighted by Gasteiger charge is 2.22. The van der Waals surface area contributed by atoms with E-state index in [0.29, 0.717) is 5.92 Å². The molecule has 3 rings (SSSR count). The highest BCUT2D eigenvalue weighted by molar-refractivity contribution is 5.77. The minimum atomic E-state index is -0.119. The predicted molar refractivity (Wildman–Crippen MR) is 66.8 cm³/mol. The molecular weight excluding hydrogens is 212 g/mol. The van der Waals surface area contributed by atoms with Gasteiger partial charge in [-0.1, -0.05) is 18.2 Å². The maximum atomic E-state index is 9.50. The molecule has 0 amide bonds. The van der Waals surface area contributed by atoms with Gasteiger partial charge >= 0.3 is 0 Å². The zero-order chi connectivity index (χ0) is 11.7. The van der Waals surface area contributed by atoms with Gasteiger partial charge in [0.1, 0.15) is 5.82 Å². The lowest BCUT2D eigenvalue weighted by Gasteiger charge is -2.24. The molecule has 1 aromatic heterocycles. The summed E-state index contributed by atoms with van der Waals surface area (Å²) in [5, 5.41) is 10.6. The Labute approximate surface area is 101 Å². The molecule has 1 aromatic carbocycles. The lowest BCUT2D eigenvalue weighted by Crippen LogP contribution is -2.18. The maximum absolute atomic E-state index is 9.50. The maximum Gasteiger partial charge on any atom is 0.132 e. The largest absolute Gasteiger partial charge is 0.393 e. The number of aliphatic hydroxyl groups is 1. The van der Waals surface area contributed by atoms with Crippen molar-refractivity contribution in [3.8, 4) is 0 Å². The van der Waals surface area contributed by atoms with E-state index in [2.05, 4.69) is 9.97 Å². The molecule has 0 atom stereocenters. The Kier molecular flexibility index (Phi) is 2.77. The Balaban J connectivity index is 1.90. The van der Waals surface area contributed by atoms with Crippen molar-refractivity contribution in [3.05, 3.63) is 36.3 Å².